The Balaban J connectivity index is 2.05. The van der Waals surface area contributed by atoms with Gasteiger partial charge in [-0.3, -0.25) is 0 Å². The molecule has 0 aliphatic carbocycles. The molecule has 1 aromatic carbocycles. The van der Waals surface area contributed by atoms with E-state index in [1.807, 2.05) is 0 Å². The van der Waals surface area contributed by atoms with Crippen molar-refractivity contribution in [1.82, 2.24) is 14.4 Å². The summed E-state index contributed by atoms with van der Waals surface area (Å²) in [6.45, 7) is 2.13. The Hall–Kier alpha value is -1.93. The van der Waals surface area contributed by atoms with E-state index in [9.17, 15) is 8.42 Å². The highest BCUT2D eigenvalue weighted by atomic mass is 32.2. The molecule has 0 saturated heterocycles. The van der Waals surface area contributed by atoms with Crippen LogP contribution in [0.2, 0.25) is 0 Å². The number of hydrogen-bond donors (Lipinski definition) is 1. The molecule has 0 amide bonds. The summed E-state index contributed by atoms with van der Waals surface area (Å²) in [6, 6.07) is 6.49. The summed E-state index contributed by atoms with van der Waals surface area (Å²) in [5.74, 6) is 1.06. The van der Waals surface area contributed by atoms with Crippen LogP contribution in [0.1, 0.15) is 11.7 Å². The van der Waals surface area contributed by atoms with Crippen LogP contribution in [0.15, 0.2) is 33.7 Å². The summed E-state index contributed by atoms with van der Waals surface area (Å²) in [7, 11) is -0.394. The van der Waals surface area contributed by atoms with Crippen molar-refractivity contribution >= 4 is 15.7 Å². The Kier molecular flexibility index (Phi) is 4.05. The fourth-order valence-corrected chi connectivity index (χ4v) is 2.45. The van der Waals surface area contributed by atoms with Crippen LogP contribution >= 0.6 is 0 Å². The topological polar surface area (TPSA) is 88.3 Å². The Morgan fingerprint density at radius 2 is 1.90 bits per heavy atom. The molecule has 0 fully saturated rings. The second-order valence-corrected chi connectivity index (χ2v) is 6.55. The molecule has 0 bridgehead atoms. The molecule has 108 valence electrons. The lowest BCUT2D eigenvalue weighted by Gasteiger charge is -2.11. The SMILES string of the molecule is Cc1noc(CNc2ccc(S(=O)(=O)N(C)C)cc2)n1. The van der Waals surface area contributed by atoms with Crippen LogP contribution < -0.4 is 5.32 Å². The second-order valence-electron chi connectivity index (χ2n) is 4.40. The molecule has 1 aromatic heterocycles. The number of aromatic nitrogens is 2. The number of hydrogen-bond acceptors (Lipinski definition) is 6. The van der Waals surface area contributed by atoms with Gasteiger partial charge < -0.3 is 9.84 Å². The van der Waals surface area contributed by atoms with Gasteiger partial charge in [-0.1, -0.05) is 5.16 Å². The first-order valence-electron chi connectivity index (χ1n) is 5.95. The lowest BCUT2D eigenvalue weighted by molar-refractivity contribution is 0.379. The van der Waals surface area contributed by atoms with E-state index in [1.54, 1.807) is 31.2 Å². The molecule has 2 aromatic rings. The van der Waals surface area contributed by atoms with Gasteiger partial charge in [0.1, 0.15) is 0 Å². The summed E-state index contributed by atoms with van der Waals surface area (Å²) >= 11 is 0. The summed E-state index contributed by atoms with van der Waals surface area (Å²) in [5, 5.41) is 6.76. The first-order chi connectivity index (χ1) is 9.39. The van der Waals surface area contributed by atoms with Crippen molar-refractivity contribution in [3.05, 3.63) is 36.0 Å². The molecule has 0 saturated carbocycles. The third kappa shape index (κ3) is 3.14. The molecule has 1 heterocycles. The minimum Gasteiger partial charge on any atom is -0.376 e. The van der Waals surface area contributed by atoms with Crippen LogP contribution in [0.25, 0.3) is 0 Å². The van der Waals surface area contributed by atoms with E-state index in [2.05, 4.69) is 15.5 Å². The van der Waals surface area contributed by atoms with E-state index in [1.165, 1.54) is 18.4 Å². The lowest BCUT2D eigenvalue weighted by atomic mass is 10.3. The minimum absolute atomic E-state index is 0.252. The number of rotatable bonds is 5. The maximum atomic E-state index is 11.9. The molecule has 0 atom stereocenters. The molecular weight excluding hydrogens is 280 g/mol. The van der Waals surface area contributed by atoms with Crippen LogP contribution in [0.4, 0.5) is 5.69 Å². The number of nitrogens with one attached hydrogen (secondary N) is 1. The third-order valence-corrected chi connectivity index (χ3v) is 4.48. The molecule has 0 aliphatic rings. The van der Waals surface area contributed by atoms with Crippen molar-refractivity contribution in [3.63, 3.8) is 0 Å². The van der Waals surface area contributed by atoms with E-state index in [0.717, 1.165) is 5.69 Å². The Labute approximate surface area is 117 Å². The number of sulfonamides is 1. The van der Waals surface area contributed by atoms with Gasteiger partial charge in [0.05, 0.1) is 11.4 Å². The first-order valence-corrected chi connectivity index (χ1v) is 7.39. The standard InChI is InChI=1S/C12H16N4O3S/c1-9-14-12(19-15-9)8-13-10-4-6-11(7-5-10)20(17,18)16(2)3/h4-7,13H,8H2,1-3H3. The minimum atomic E-state index is -3.39. The van der Waals surface area contributed by atoms with Crippen molar-refractivity contribution in [2.75, 3.05) is 19.4 Å². The van der Waals surface area contributed by atoms with Crippen molar-refractivity contribution < 1.29 is 12.9 Å². The first kappa shape index (κ1) is 14.5. The number of aryl methyl sites for hydroxylation is 1. The number of anilines is 1. The van der Waals surface area contributed by atoms with E-state index in [4.69, 9.17) is 4.52 Å². The van der Waals surface area contributed by atoms with Gasteiger partial charge >= 0.3 is 0 Å². The zero-order valence-corrected chi connectivity index (χ0v) is 12.3. The third-order valence-electron chi connectivity index (χ3n) is 2.65. The number of benzene rings is 1. The summed E-state index contributed by atoms with van der Waals surface area (Å²) in [4.78, 5) is 4.31. The fraction of sp³-hybridized carbons (Fsp3) is 0.333. The highest BCUT2D eigenvalue weighted by Crippen LogP contribution is 2.17. The van der Waals surface area contributed by atoms with Gasteiger partial charge in [-0.25, -0.2) is 12.7 Å². The predicted octanol–water partition coefficient (Wildman–Crippen LogP) is 1.24. The van der Waals surface area contributed by atoms with Crippen LogP contribution in [0, 0.1) is 6.92 Å². The normalized spacial score (nSPS) is 11.8. The highest BCUT2D eigenvalue weighted by molar-refractivity contribution is 7.89. The molecule has 8 heteroatoms. The van der Waals surface area contributed by atoms with Crippen LogP contribution in [-0.4, -0.2) is 37.0 Å². The monoisotopic (exact) mass is 296 g/mol. The maximum Gasteiger partial charge on any atom is 0.245 e. The van der Waals surface area contributed by atoms with E-state index in [0.29, 0.717) is 18.3 Å². The average molecular weight is 296 g/mol. The summed E-state index contributed by atoms with van der Waals surface area (Å²) < 4.78 is 29.9. The summed E-state index contributed by atoms with van der Waals surface area (Å²) in [6.07, 6.45) is 0. The van der Waals surface area contributed by atoms with Crippen molar-refractivity contribution in [3.8, 4) is 0 Å². The fourth-order valence-electron chi connectivity index (χ4n) is 1.55. The van der Waals surface area contributed by atoms with E-state index < -0.39 is 10.0 Å². The van der Waals surface area contributed by atoms with Crippen molar-refractivity contribution in [2.24, 2.45) is 0 Å². The van der Waals surface area contributed by atoms with Crippen molar-refractivity contribution in [2.45, 2.75) is 18.4 Å². The summed E-state index contributed by atoms with van der Waals surface area (Å²) in [5.41, 5.74) is 0.776. The quantitative estimate of drug-likeness (QED) is 0.893. The maximum absolute atomic E-state index is 11.9. The van der Waals surface area contributed by atoms with Crippen LogP contribution in [0.5, 0.6) is 0 Å². The Bertz CT molecular complexity index is 677. The molecule has 0 aliphatic heterocycles. The Morgan fingerprint density at radius 1 is 1.25 bits per heavy atom. The predicted molar refractivity (Wildman–Crippen MR) is 73.7 cm³/mol. The van der Waals surface area contributed by atoms with Gasteiger partial charge in [0, 0.05) is 19.8 Å². The second kappa shape index (κ2) is 5.59. The van der Waals surface area contributed by atoms with Crippen molar-refractivity contribution in [1.29, 1.82) is 0 Å². The van der Waals surface area contributed by atoms with Gasteiger partial charge in [0.15, 0.2) is 5.82 Å². The highest BCUT2D eigenvalue weighted by Gasteiger charge is 2.16. The lowest BCUT2D eigenvalue weighted by Crippen LogP contribution is -2.22. The van der Waals surface area contributed by atoms with Gasteiger partial charge in [-0.05, 0) is 31.2 Å². The molecule has 2 rings (SSSR count). The molecule has 0 radical (unpaired) electrons. The van der Waals surface area contributed by atoms with Crippen LogP contribution in [0.3, 0.4) is 0 Å². The molecule has 0 unspecified atom stereocenters. The number of nitrogens with zero attached hydrogens (tertiary/aromatic N) is 3. The van der Waals surface area contributed by atoms with Gasteiger partial charge in [-0.15, -0.1) is 0 Å². The molecular formula is C12H16N4O3S. The smallest absolute Gasteiger partial charge is 0.245 e. The zero-order chi connectivity index (χ0) is 14.8. The van der Waals surface area contributed by atoms with Gasteiger partial charge in [0.25, 0.3) is 0 Å². The Morgan fingerprint density at radius 3 is 2.40 bits per heavy atom. The molecule has 0 spiro atoms. The largest absolute Gasteiger partial charge is 0.376 e. The van der Waals surface area contributed by atoms with Gasteiger partial charge in [0.2, 0.25) is 15.9 Å². The van der Waals surface area contributed by atoms with Crippen LogP contribution in [-0.2, 0) is 16.6 Å². The zero-order valence-electron chi connectivity index (χ0n) is 11.5. The molecule has 20 heavy (non-hydrogen) atoms. The van der Waals surface area contributed by atoms with E-state index >= 15 is 0 Å². The molecule has 7 nitrogen and oxygen atoms in total. The molecule has 1 N–H and O–H groups in total. The van der Waals surface area contributed by atoms with E-state index in [-0.39, 0.29) is 4.90 Å². The average Bonchev–Trinajstić information content (AvgIpc) is 2.82. The van der Waals surface area contributed by atoms with Gasteiger partial charge in [-0.2, -0.15) is 4.98 Å².